The molecule has 2 rings (SSSR count). The third-order valence-corrected chi connectivity index (χ3v) is 4.01. The summed E-state index contributed by atoms with van der Waals surface area (Å²) in [5, 5.41) is 8.81. The van der Waals surface area contributed by atoms with Gasteiger partial charge in [0.15, 0.2) is 0 Å². The number of H-pyrrole nitrogens is 1. The molecule has 0 spiro atoms. The second-order valence-electron chi connectivity index (χ2n) is 4.65. The zero-order chi connectivity index (χ0) is 13.0. The van der Waals surface area contributed by atoms with Gasteiger partial charge in [-0.25, -0.2) is 5.10 Å². The minimum Gasteiger partial charge on any atom is -0.350 e. The fraction of sp³-hybridized carbons (Fsp3) is 0.583. The highest BCUT2D eigenvalue weighted by Crippen LogP contribution is 2.28. The van der Waals surface area contributed by atoms with Crippen LogP contribution in [0.4, 0.5) is 0 Å². The normalized spacial score (nSPS) is 23.6. The smallest absolute Gasteiger partial charge is 0.271 e. The molecule has 1 aromatic rings. The zero-order valence-corrected chi connectivity index (χ0v) is 11.6. The molecule has 0 aliphatic heterocycles. The molecule has 1 fully saturated rings. The molecule has 1 saturated carbocycles. The van der Waals surface area contributed by atoms with Crippen molar-refractivity contribution in [3.8, 4) is 0 Å². The molecule has 1 heterocycles. The Labute approximate surface area is 113 Å². The number of amides is 1. The molecule has 1 amide bonds. The van der Waals surface area contributed by atoms with Crippen LogP contribution < -0.4 is 10.9 Å². The number of aromatic nitrogens is 2. The molecule has 1 aliphatic rings. The summed E-state index contributed by atoms with van der Waals surface area (Å²) in [4.78, 5) is 23.2. The van der Waals surface area contributed by atoms with Crippen molar-refractivity contribution < 1.29 is 4.79 Å². The predicted octanol–water partition coefficient (Wildman–Crippen LogP) is 1.45. The summed E-state index contributed by atoms with van der Waals surface area (Å²) >= 11 is 3.62. The minimum absolute atomic E-state index is 0.233. The van der Waals surface area contributed by atoms with Crippen molar-refractivity contribution in [1.82, 2.24) is 15.5 Å². The average molecular weight is 314 g/mol. The topological polar surface area (TPSA) is 74.8 Å². The van der Waals surface area contributed by atoms with E-state index >= 15 is 0 Å². The second-order valence-corrected chi connectivity index (χ2v) is 5.94. The van der Waals surface area contributed by atoms with Crippen LogP contribution in [0.2, 0.25) is 0 Å². The lowest BCUT2D eigenvalue weighted by Crippen LogP contribution is -2.32. The highest BCUT2D eigenvalue weighted by molar-refractivity contribution is 9.09. The highest BCUT2D eigenvalue weighted by Gasteiger charge is 2.20. The number of alkyl halides is 1. The van der Waals surface area contributed by atoms with E-state index in [4.69, 9.17) is 0 Å². The van der Waals surface area contributed by atoms with E-state index in [2.05, 4.69) is 31.4 Å². The molecule has 2 N–H and O–H groups in total. The van der Waals surface area contributed by atoms with Crippen molar-refractivity contribution in [3.63, 3.8) is 0 Å². The molecule has 5 nitrogen and oxygen atoms in total. The lowest BCUT2D eigenvalue weighted by molar-refractivity contribution is 0.0937. The summed E-state index contributed by atoms with van der Waals surface area (Å²) in [7, 11) is 0. The fourth-order valence-electron chi connectivity index (χ4n) is 2.21. The van der Waals surface area contributed by atoms with Crippen molar-refractivity contribution in [2.24, 2.45) is 5.92 Å². The fourth-order valence-corrected chi connectivity index (χ4v) is 3.06. The maximum Gasteiger partial charge on any atom is 0.271 e. The molecule has 98 valence electrons. The number of carbonyl (C=O) groups is 1. The number of rotatable bonds is 3. The van der Waals surface area contributed by atoms with Crippen LogP contribution in [-0.4, -0.2) is 27.5 Å². The van der Waals surface area contributed by atoms with Gasteiger partial charge in [-0.1, -0.05) is 22.4 Å². The van der Waals surface area contributed by atoms with E-state index in [9.17, 15) is 9.59 Å². The Balaban J connectivity index is 1.84. The van der Waals surface area contributed by atoms with Gasteiger partial charge in [-0.3, -0.25) is 9.59 Å². The number of hydrogen-bond acceptors (Lipinski definition) is 3. The molecule has 1 aliphatic carbocycles. The molecule has 18 heavy (non-hydrogen) atoms. The Kier molecular flexibility index (Phi) is 4.52. The van der Waals surface area contributed by atoms with Crippen molar-refractivity contribution >= 4 is 21.8 Å². The Bertz CT molecular complexity index is 454. The van der Waals surface area contributed by atoms with E-state index in [0.29, 0.717) is 17.3 Å². The Morgan fingerprint density at radius 1 is 1.50 bits per heavy atom. The lowest BCUT2D eigenvalue weighted by atomic mass is 9.89. The minimum atomic E-state index is -0.305. The van der Waals surface area contributed by atoms with Crippen molar-refractivity contribution in [3.05, 3.63) is 28.2 Å². The largest absolute Gasteiger partial charge is 0.350 e. The van der Waals surface area contributed by atoms with Crippen LogP contribution in [0.25, 0.3) is 0 Å². The lowest BCUT2D eigenvalue weighted by Gasteiger charge is -2.25. The summed E-state index contributed by atoms with van der Waals surface area (Å²) in [6.07, 6.45) is 4.67. The molecular weight excluding hydrogens is 298 g/mol. The van der Waals surface area contributed by atoms with Gasteiger partial charge in [0.05, 0.1) is 0 Å². The van der Waals surface area contributed by atoms with Crippen LogP contribution in [-0.2, 0) is 0 Å². The predicted molar refractivity (Wildman–Crippen MR) is 71.9 cm³/mol. The van der Waals surface area contributed by atoms with Crippen LogP contribution >= 0.6 is 15.9 Å². The third kappa shape index (κ3) is 3.66. The van der Waals surface area contributed by atoms with E-state index < -0.39 is 0 Å². The molecule has 6 heteroatoms. The Hall–Kier alpha value is -1.17. The van der Waals surface area contributed by atoms with E-state index in [1.54, 1.807) is 0 Å². The van der Waals surface area contributed by atoms with E-state index in [1.165, 1.54) is 25.0 Å². The van der Waals surface area contributed by atoms with Gasteiger partial charge < -0.3 is 5.32 Å². The maximum atomic E-state index is 11.8. The first-order valence-corrected chi connectivity index (χ1v) is 7.04. The molecule has 1 aromatic heterocycles. The quantitative estimate of drug-likeness (QED) is 0.829. The van der Waals surface area contributed by atoms with Crippen molar-refractivity contribution in [2.45, 2.75) is 30.5 Å². The van der Waals surface area contributed by atoms with Gasteiger partial charge in [0, 0.05) is 17.4 Å². The van der Waals surface area contributed by atoms with Gasteiger partial charge in [0.1, 0.15) is 5.69 Å². The number of carbonyl (C=O) groups excluding carboxylic acids is 1. The van der Waals surface area contributed by atoms with Crippen LogP contribution in [0.5, 0.6) is 0 Å². The molecule has 0 saturated heterocycles. The van der Waals surface area contributed by atoms with E-state index in [1.807, 2.05) is 0 Å². The van der Waals surface area contributed by atoms with Gasteiger partial charge in [-0.15, -0.1) is 0 Å². The standard InChI is InChI=1S/C12H16BrN3O2/c13-9-3-1-2-8(6-9)7-14-12(18)10-4-5-11(17)16-15-10/h4-5,8-9H,1-3,6-7H2,(H,14,18)(H,16,17). The maximum absolute atomic E-state index is 11.8. The summed E-state index contributed by atoms with van der Waals surface area (Å²) in [5.41, 5.74) is -0.0539. The molecule has 0 radical (unpaired) electrons. The van der Waals surface area contributed by atoms with Crippen LogP contribution in [0, 0.1) is 5.92 Å². The van der Waals surface area contributed by atoms with Crippen LogP contribution in [0.1, 0.15) is 36.2 Å². The molecular formula is C12H16BrN3O2. The van der Waals surface area contributed by atoms with E-state index in [-0.39, 0.29) is 17.2 Å². The number of aromatic amines is 1. The van der Waals surface area contributed by atoms with E-state index in [0.717, 1.165) is 12.8 Å². The summed E-state index contributed by atoms with van der Waals surface area (Å²) < 4.78 is 0. The summed E-state index contributed by atoms with van der Waals surface area (Å²) in [6.45, 7) is 0.668. The second kappa shape index (κ2) is 6.13. The SMILES string of the molecule is O=C(NCC1CCCC(Br)C1)c1ccc(=O)[nH]n1. The molecule has 2 unspecified atom stereocenters. The van der Waals surface area contributed by atoms with Gasteiger partial charge in [0.25, 0.3) is 11.5 Å². The highest BCUT2D eigenvalue weighted by atomic mass is 79.9. The van der Waals surface area contributed by atoms with Gasteiger partial charge in [0.2, 0.25) is 0 Å². The van der Waals surface area contributed by atoms with Crippen LogP contribution in [0.3, 0.4) is 0 Å². The summed E-state index contributed by atoms with van der Waals surface area (Å²) in [6, 6.07) is 2.74. The molecule has 0 bridgehead atoms. The van der Waals surface area contributed by atoms with Crippen LogP contribution in [0.15, 0.2) is 16.9 Å². The number of halogens is 1. The Morgan fingerprint density at radius 2 is 2.33 bits per heavy atom. The summed E-state index contributed by atoms with van der Waals surface area (Å²) in [5.74, 6) is 0.290. The number of nitrogens with zero attached hydrogens (tertiary/aromatic N) is 1. The molecule has 2 atom stereocenters. The third-order valence-electron chi connectivity index (χ3n) is 3.18. The first-order valence-electron chi connectivity index (χ1n) is 6.13. The number of nitrogens with one attached hydrogen (secondary N) is 2. The van der Waals surface area contributed by atoms with Gasteiger partial charge in [-0.2, -0.15) is 5.10 Å². The number of hydrogen-bond donors (Lipinski definition) is 2. The zero-order valence-electron chi connectivity index (χ0n) is 9.99. The molecule has 0 aromatic carbocycles. The average Bonchev–Trinajstić information content (AvgIpc) is 2.37. The van der Waals surface area contributed by atoms with Gasteiger partial charge >= 0.3 is 0 Å². The Morgan fingerprint density at radius 3 is 3.00 bits per heavy atom. The van der Waals surface area contributed by atoms with Gasteiger partial charge in [-0.05, 0) is 31.2 Å². The van der Waals surface area contributed by atoms with Crippen molar-refractivity contribution in [2.75, 3.05) is 6.54 Å². The van der Waals surface area contributed by atoms with Crippen molar-refractivity contribution in [1.29, 1.82) is 0 Å². The first kappa shape index (κ1) is 13.3. The monoisotopic (exact) mass is 313 g/mol. The first-order chi connectivity index (χ1) is 8.65.